The zero-order valence-corrected chi connectivity index (χ0v) is 10.4. The van der Waals surface area contributed by atoms with Gasteiger partial charge in [-0.05, 0) is 0 Å². The summed E-state index contributed by atoms with van der Waals surface area (Å²) in [7, 11) is 4.52. The minimum Gasteiger partial charge on any atom is -0.493 e. The number of hydrogen-bond acceptors (Lipinski definition) is 5. The van der Waals surface area contributed by atoms with Crippen LogP contribution in [0.5, 0.6) is 23.0 Å². The molecule has 0 aromatic heterocycles. The number of ether oxygens (including phenoxy) is 4. The minimum absolute atomic E-state index is 0.205. The van der Waals surface area contributed by atoms with Gasteiger partial charge in [0.2, 0.25) is 5.75 Å². The van der Waals surface area contributed by atoms with Crippen molar-refractivity contribution in [1.29, 1.82) is 0 Å². The molecule has 0 heterocycles. The van der Waals surface area contributed by atoms with Crippen LogP contribution < -0.4 is 18.9 Å². The number of methoxy groups -OCH3 is 3. The molecule has 1 aliphatic rings. The van der Waals surface area contributed by atoms with Crippen LogP contribution in [0.1, 0.15) is 0 Å². The van der Waals surface area contributed by atoms with Gasteiger partial charge in [-0.1, -0.05) is 12.2 Å². The fourth-order valence-corrected chi connectivity index (χ4v) is 1.51. The molecule has 0 aliphatic heterocycles. The number of esters is 1. The van der Waals surface area contributed by atoms with Crippen molar-refractivity contribution in [1.82, 2.24) is 0 Å². The van der Waals surface area contributed by atoms with Crippen molar-refractivity contribution in [2.24, 2.45) is 5.92 Å². The van der Waals surface area contributed by atoms with E-state index in [1.54, 1.807) is 24.3 Å². The first kappa shape index (κ1) is 12.3. The minimum atomic E-state index is -0.315. The highest BCUT2D eigenvalue weighted by molar-refractivity contribution is 5.83. The molecule has 0 saturated carbocycles. The van der Waals surface area contributed by atoms with Crippen molar-refractivity contribution < 1.29 is 23.7 Å². The largest absolute Gasteiger partial charge is 0.493 e. The van der Waals surface area contributed by atoms with Gasteiger partial charge in [0.25, 0.3) is 0 Å². The maximum absolute atomic E-state index is 11.5. The van der Waals surface area contributed by atoms with Crippen LogP contribution in [-0.4, -0.2) is 27.3 Å². The molecule has 0 fully saturated rings. The van der Waals surface area contributed by atoms with E-state index < -0.39 is 0 Å². The third kappa shape index (κ3) is 2.40. The van der Waals surface area contributed by atoms with Crippen LogP contribution in [0.25, 0.3) is 0 Å². The summed E-state index contributed by atoms with van der Waals surface area (Å²) in [6.07, 6.45) is 3.53. The molecule has 1 aromatic rings. The molecule has 0 bridgehead atoms. The summed E-state index contributed by atoms with van der Waals surface area (Å²) in [5, 5.41) is 0. The van der Waals surface area contributed by atoms with E-state index in [9.17, 15) is 4.79 Å². The summed E-state index contributed by atoms with van der Waals surface area (Å²) in [5.74, 6) is 1.20. The normalized spacial score (nSPS) is 13.1. The zero-order chi connectivity index (χ0) is 13.1. The number of benzene rings is 1. The maximum atomic E-state index is 11.5. The number of carbonyl (C=O) groups is 1. The Kier molecular flexibility index (Phi) is 3.41. The summed E-state index contributed by atoms with van der Waals surface area (Å²) in [4.78, 5) is 11.5. The van der Waals surface area contributed by atoms with Crippen LogP contribution in [0.15, 0.2) is 24.3 Å². The zero-order valence-electron chi connectivity index (χ0n) is 10.4. The second-order valence-electron chi connectivity index (χ2n) is 3.69. The fraction of sp³-hybridized carbons (Fsp3) is 0.308. The summed E-state index contributed by atoms with van der Waals surface area (Å²) in [5.41, 5.74) is 0. The maximum Gasteiger partial charge on any atom is 0.322 e. The summed E-state index contributed by atoms with van der Waals surface area (Å²) < 4.78 is 20.7. The first-order chi connectivity index (χ1) is 8.69. The van der Waals surface area contributed by atoms with Crippen molar-refractivity contribution in [2.45, 2.75) is 0 Å². The van der Waals surface area contributed by atoms with E-state index in [0.29, 0.717) is 23.0 Å². The van der Waals surface area contributed by atoms with Crippen molar-refractivity contribution in [3.8, 4) is 23.0 Å². The van der Waals surface area contributed by atoms with E-state index >= 15 is 0 Å². The topological polar surface area (TPSA) is 54.0 Å². The number of rotatable bonds is 5. The molecule has 5 nitrogen and oxygen atoms in total. The second-order valence-corrected chi connectivity index (χ2v) is 3.69. The third-order valence-electron chi connectivity index (χ3n) is 2.51. The molecule has 1 aromatic carbocycles. The smallest absolute Gasteiger partial charge is 0.322 e. The van der Waals surface area contributed by atoms with Crippen LogP contribution in [0, 0.1) is 5.92 Å². The first-order valence-corrected chi connectivity index (χ1v) is 5.39. The number of carbonyl (C=O) groups excluding carboxylic acids is 1. The van der Waals surface area contributed by atoms with Crippen LogP contribution in [0.2, 0.25) is 0 Å². The van der Waals surface area contributed by atoms with E-state index in [4.69, 9.17) is 18.9 Å². The molecule has 0 radical (unpaired) electrons. The average Bonchev–Trinajstić information content (AvgIpc) is 3.21. The lowest BCUT2D eigenvalue weighted by Gasteiger charge is -2.13. The molecule has 18 heavy (non-hydrogen) atoms. The SMILES string of the molecule is COc1cc(OC(=O)C2C=C2)cc(OC)c1OC. The molecule has 0 N–H and O–H groups in total. The molecule has 0 saturated heterocycles. The van der Waals surface area contributed by atoms with Gasteiger partial charge in [-0.15, -0.1) is 0 Å². The Balaban J connectivity index is 2.27. The van der Waals surface area contributed by atoms with Crippen LogP contribution in [0.3, 0.4) is 0 Å². The second kappa shape index (κ2) is 5.00. The fourth-order valence-electron chi connectivity index (χ4n) is 1.51. The predicted octanol–water partition coefficient (Wildman–Crippen LogP) is 1.80. The summed E-state index contributed by atoms with van der Waals surface area (Å²) in [6.45, 7) is 0. The van der Waals surface area contributed by atoms with Gasteiger partial charge in [-0.25, -0.2) is 0 Å². The van der Waals surface area contributed by atoms with E-state index in [-0.39, 0.29) is 11.9 Å². The molecule has 2 rings (SSSR count). The summed E-state index contributed by atoms with van der Waals surface area (Å²) >= 11 is 0. The molecular formula is C13H14O5. The highest BCUT2D eigenvalue weighted by atomic mass is 16.5. The van der Waals surface area contributed by atoms with E-state index in [0.717, 1.165) is 0 Å². The summed E-state index contributed by atoms with van der Waals surface area (Å²) in [6, 6.07) is 3.17. The van der Waals surface area contributed by atoms with Gasteiger partial charge in [0.05, 0.1) is 27.2 Å². The lowest BCUT2D eigenvalue weighted by atomic mass is 10.2. The molecule has 0 amide bonds. The van der Waals surface area contributed by atoms with E-state index in [1.165, 1.54) is 21.3 Å². The Morgan fingerprint density at radius 3 is 1.94 bits per heavy atom. The van der Waals surface area contributed by atoms with Crippen LogP contribution >= 0.6 is 0 Å². The van der Waals surface area contributed by atoms with Crippen molar-refractivity contribution in [3.05, 3.63) is 24.3 Å². The highest BCUT2D eigenvalue weighted by Crippen LogP contribution is 2.41. The Hall–Kier alpha value is -2.17. The van der Waals surface area contributed by atoms with Gasteiger partial charge in [-0.2, -0.15) is 0 Å². The van der Waals surface area contributed by atoms with Crippen molar-refractivity contribution >= 4 is 5.97 Å². The van der Waals surface area contributed by atoms with Gasteiger partial charge in [0, 0.05) is 12.1 Å². The molecule has 0 spiro atoms. The molecule has 1 aliphatic carbocycles. The predicted molar refractivity (Wildman–Crippen MR) is 64.4 cm³/mol. The van der Waals surface area contributed by atoms with Crippen molar-refractivity contribution in [2.75, 3.05) is 21.3 Å². The van der Waals surface area contributed by atoms with Gasteiger partial charge < -0.3 is 18.9 Å². The van der Waals surface area contributed by atoms with E-state index in [1.807, 2.05) is 0 Å². The lowest BCUT2D eigenvalue weighted by molar-refractivity contribution is -0.135. The molecular weight excluding hydrogens is 236 g/mol. The van der Waals surface area contributed by atoms with Crippen molar-refractivity contribution in [3.63, 3.8) is 0 Å². The molecule has 96 valence electrons. The standard InChI is InChI=1S/C13H14O5/c1-15-10-6-9(18-13(14)8-4-5-8)7-11(16-2)12(10)17-3/h4-8H,1-3H3. The van der Waals surface area contributed by atoms with Crippen LogP contribution in [0.4, 0.5) is 0 Å². The third-order valence-corrected chi connectivity index (χ3v) is 2.51. The molecule has 0 atom stereocenters. The highest BCUT2D eigenvalue weighted by Gasteiger charge is 2.24. The Morgan fingerprint density at radius 2 is 1.56 bits per heavy atom. The quantitative estimate of drug-likeness (QED) is 0.453. The first-order valence-electron chi connectivity index (χ1n) is 5.39. The van der Waals surface area contributed by atoms with Gasteiger partial charge >= 0.3 is 5.97 Å². The molecule has 5 heteroatoms. The van der Waals surface area contributed by atoms with E-state index in [2.05, 4.69) is 0 Å². The van der Waals surface area contributed by atoms with Gasteiger partial charge in [0.15, 0.2) is 11.5 Å². The number of hydrogen-bond donors (Lipinski definition) is 0. The Labute approximate surface area is 105 Å². The van der Waals surface area contributed by atoms with Crippen LogP contribution in [-0.2, 0) is 4.79 Å². The van der Waals surface area contributed by atoms with Gasteiger partial charge in [-0.3, -0.25) is 4.79 Å². The molecule has 0 unspecified atom stereocenters. The average molecular weight is 250 g/mol. The van der Waals surface area contributed by atoms with Gasteiger partial charge in [0.1, 0.15) is 5.75 Å². The Morgan fingerprint density at radius 1 is 1.00 bits per heavy atom. The monoisotopic (exact) mass is 250 g/mol. The Bertz CT molecular complexity index is 461. The lowest BCUT2D eigenvalue weighted by Crippen LogP contribution is -2.11.